The van der Waals surface area contributed by atoms with Crippen molar-refractivity contribution in [2.24, 2.45) is 0 Å². The fourth-order valence-corrected chi connectivity index (χ4v) is 6.89. The summed E-state index contributed by atoms with van der Waals surface area (Å²) in [7, 11) is 0. The molecule has 0 aromatic rings. The van der Waals surface area contributed by atoms with Crippen molar-refractivity contribution in [1.29, 1.82) is 0 Å². The molecule has 0 aliphatic rings. The van der Waals surface area contributed by atoms with Crippen molar-refractivity contribution in [2.75, 3.05) is 19.8 Å². The average Bonchev–Trinajstić information content (AvgIpc) is 3.34. The second-order valence-electron chi connectivity index (χ2n) is 17.3. The van der Waals surface area contributed by atoms with Crippen LogP contribution in [0.25, 0.3) is 0 Å². The van der Waals surface area contributed by atoms with Crippen molar-refractivity contribution in [1.82, 2.24) is 0 Å². The molecule has 0 saturated heterocycles. The van der Waals surface area contributed by atoms with Crippen molar-refractivity contribution >= 4 is 11.9 Å². The molecule has 1 atom stereocenters. The molecule has 0 rings (SSSR count). The first-order valence-corrected chi connectivity index (χ1v) is 27.4. The lowest BCUT2D eigenvalue weighted by Crippen LogP contribution is -2.30. The maximum Gasteiger partial charge on any atom is 0.306 e. The normalized spacial score (nSPS) is 13.4. The van der Waals surface area contributed by atoms with Crippen LogP contribution in [0.4, 0.5) is 0 Å². The number of unbranched alkanes of at least 4 members (excludes halogenated alkanes) is 13. The van der Waals surface area contributed by atoms with Crippen LogP contribution in [0.1, 0.15) is 213 Å². The molecule has 382 valence electrons. The lowest BCUT2D eigenvalue weighted by Gasteiger charge is -2.18. The molecule has 0 amide bonds. The maximum absolute atomic E-state index is 12.8. The van der Waals surface area contributed by atoms with Crippen LogP contribution in [-0.2, 0) is 23.8 Å². The standard InChI is InChI=1S/C63H100O5/c1-4-7-10-13-16-19-22-25-28-30-31-32-34-37-40-43-46-49-52-55-58-66-59-61(68-63(65)57-54-51-48-45-42-39-35-27-24-21-18-15-12-9-6-3)60-67-62(64)56-53-50-47-44-41-38-36-33-29-26-23-20-17-14-11-8-5-2/h7-12,16-21,25-29,31-32,35-36,38,42,45,61H,4-6,13-15,22-24,30,33-34,37,39-41,43-44,46-60H2,1-3H3/b10-7-,11-8-,12-9-,19-16-,20-17-,21-18-,28-25-,29-26-,32-31-,35-27-,38-36-,45-42-. The molecule has 0 aliphatic heterocycles. The summed E-state index contributed by atoms with van der Waals surface area (Å²) in [5, 5.41) is 0. The Morgan fingerprint density at radius 1 is 0.324 bits per heavy atom. The van der Waals surface area contributed by atoms with E-state index < -0.39 is 6.10 Å². The highest BCUT2D eigenvalue weighted by atomic mass is 16.6. The van der Waals surface area contributed by atoms with Crippen molar-refractivity contribution in [2.45, 2.75) is 219 Å². The number of carbonyl (C=O) groups is 2. The first kappa shape index (κ1) is 63.8. The third-order valence-electron chi connectivity index (χ3n) is 10.9. The van der Waals surface area contributed by atoms with E-state index in [1.807, 2.05) is 0 Å². The van der Waals surface area contributed by atoms with E-state index in [2.05, 4.69) is 167 Å². The number of allylic oxidation sites excluding steroid dienone is 24. The molecule has 0 radical (unpaired) electrons. The minimum absolute atomic E-state index is 0.0409. The minimum Gasteiger partial charge on any atom is -0.462 e. The summed E-state index contributed by atoms with van der Waals surface area (Å²) in [5.41, 5.74) is 0. The van der Waals surface area contributed by atoms with Crippen LogP contribution in [0, 0.1) is 0 Å². The summed E-state index contributed by atoms with van der Waals surface area (Å²) in [5.74, 6) is -0.489. The fraction of sp³-hybridized carbons (Fsp3) is 0.587. The Balaban J connectivity index is 4.43. The van der Waals surface area contributed by atoms with Gasteiger partial charge in [0.15, 0.2) is 6.10 Å². The zero-order valence-electron chi connectivity index (χ0n) is 43.8. The van der Waals surface area contributed by atoms with E-state index in [1.165, 1.54) is 32.1 Å². The SMILES string of the molecule is CC/C=C\C/C=C\C/C=C\C/C=C\CCCCCCCCCOCC(COC(=O)CCCCCC/C=C\C/C=C\C/C=C\C/C=C\CC)OC(=O)CCCC/C=C\C/C=C\C/C=C\C/C=C\CC. The monoisotopic (exact) mass is 937 g/mol. The van der Waals surface area contributed by atoms with Gasteiger partial charge >= 0.3 is 11.9 Å². The van der Waals surface area contributed by atoms with Gasteiger partial charge in [0.1, 0.15) is 6.61 Å². The number of rotatable bonds is 48. The minimum atomic E-state index is -0.586. The molecule has 0 bridgehead atoms. The van der Waals surface area contributed by atoms with E-state index in [0.717, 1.165) is 148 Å². The molecule has 0 aromatic heterocycles. The summed E-state index contributed by atoms with van der Waals surface area (Å²) in [6.45, 7) is 7.37. The van der Waals surface area contributed by atoms with Crippen LogP contribution in [-0.4, -0.2) is 37.9 Å². The maximum atomic E-state index is 12.8. The van der Waals surface area contributed by atoms with Gasteiger partial charge in [0.05, 0.1) is 6.61 Å². The average molecular weight is 937 g/mol. The Bertz CT molecular complexity index is 1480. The third-order valence-corrected chi connectivity index (χ3v) is 10.9. The Morgan fingerprint density at radius 3 is 1.01 bits per heavy atom. The molecule has 0 aromatic carbocycles. The summed E-state index contributed by atoms with van der Waals surface area (Å²) in [6, 6.07) is 0. The summed E-state index contributed by atoms with van der Waals surface area (Å²) in [6.07, 6.45) is 82.9. The Kier molecular flexibility index (Phi) is 53.6. The van der Waals surface area contributed by atoms with Crippen LogP contribution in [0.5, 0.6) is 0 Å². The molecule has 0 heterocycles. The summed E-state index contributed by atoms with van der Waals surface area (Å²) < 4.78 is 17.4. The zero-order chi connectivity index (χ0) is 49.2. The highest BCUT2D eigenvalue weighted by molar-refractivity contribution is 5.70. The molecule has 5 nitrogen and oxygen atoms in total. The van der Waals surface area contributed by atoms with Crippen LogP contribution in [0.15, 0.2) is 146 Å². The first-order chi connectivity index (χ1) is 33.6. The predicted octanol–water partition coefficient (Wildman–Crippen LogP) is 18.9. The zero-order valence-corrected chi connectivity index (χ0v) is 43.8. The number of hydrogen-bond acceptors (Lipinski definition) is 5. The largest absolute Gasteiger partial charge is 0.462 e. The molecule has 0 fully saturated rings. The second kappa shape index (κ2) is 57.1. The van der Waals surface area contributed by atoms with Gasteiger partial charge in [-0.1, -0.05) is 212 Å². The molecule has 1 unspecified atom stereocenters. The van der Waals surface area contributed by atoms with Crippen LogP contribution >= 0.6 is 0 Å². The molecule has 0 N–H and O–H groups in total. The van der Waals surface area contributed by atoms with E-state index in [-0.39, 0.29) is 25.2 Å². The number of esters is 2. The lowest BCUT2D eigenvalue weighted by molar-refractivity contribution is -0.163. The van der Waals surface area contributed by atoms with Gasteiger partial charge in [-0.15, -0.1) is 0 Å². The molecule has 0 aliphatic carbocycles. The molecular formula is C63H100O5. The van der Waals surface area contributed by atoms with Gasteiger partial charge in [-0.3, -0.25) is 9.59 Å². The highest BCUT2D eigenvalue weighted by Crippen LogP contribution is 2.12. The number of ether oxygens (including phenoxy) is 3. The van der Waals surface area contributed by atoms with Gasteiger partial charge in [0.25, 0.3) is 0 Å². The molecular weight excluding hydrogens is 837 g/mol. The first-order valence-electron chi connectivity index (χ1n) is 27.4. The van der Waals surface area contributed by atoms with Crippen molar-refractivity contribution < 1.29 is 23.8 Å². The summed E-state index contributed by atoms with van der Waals surface area (Å²) >= 11 is 0. The molecule has 68 heavy (non-hydrogen) atoms. The van der Waals surface area contributed by atoms with E-state index >= 15 is 0 Å². The fourth-order valence-electron chi connectivity index (χ4n) is 6.89. The topological polar surface area (TPSA) is 61.8 Å². The van der Waals surface area contributed by atoms with E-state index in [0.29, 0.717) is 19.4 Å². The van der Waals surface area contributed by atoms with Gasteiger partial charge in [-0.05, 0) is 135 Å². The second-order valence-corrected chi connectivity index (χ2v) is 17.3. The van der Waals surface area contributed by atoms with Gasteiger partial charge in [-0.2, -0.15) is 0 Å². The third kappa shape index (κ3) is 54.4. The van der Waals surface area contributed by atoms with Crippen molar-refractivity contribution in [3.63, 3.8) is 0 Å². The number of carbonyl (C=O) groups excluding carboxylic acids is 2. The Labute approximate surface area is 419 Å². The van der Waals surface area contributed by atoms with Crippen LogP contribution in [0.2, 0.25) is 0 Å². The van der Waals surface area contributed by atoms with E-state index in [1.54, 1.807) is 0 Å². The smallest absolute Gasteiger partial charge is 0.306 e. The molecule has 0 spiro atoms. The quantitative estimate of drug-likeness (QED) is 0.0346. The predicted molar refractivity (Wildman–Crippen MR) is 297 cm³/mol. The summed E-state index contributed by atoms with van der Waals surface area (Å²) in [4.78, 5) is 25.5. The van der Waals surface area contributed by atoms with E-state index in [4.69, 9.17) is 14.2 Å². The van der Waals surface area contributed by atoms with Crippen LogP contribution < -0.4 is 0 Å². The van der Waals surface area contributed by atoms with E-state index in [9.17, 15) is 9.59 Å². The van der Waals surface area contributed by atoms with Gasteiger partial charge < -0.3 is 14.2 Å². The van der Waals surface area contributed by atoms with Crippen molar-refractivity contribution in [3.05, 3.63) is 146 Å². The number of hydrogen-bond donors (Lipinski definition) is 0. The van der Waals surface area contributed by atoms with Gasteiger partial charge in [0, 0.05) is 19.4 Å². The lowest BCUT2D eigenvalue weighted by atomic mass is 10.1. The van der Waals surface area contributed by atoms with Gasteiger partial charge in [-0.25, -0.2) is 0 Å². The van der Waals surface area contributed by atoms with Crippen molar-refractivity contribution in [3.8, 4) is 0 Å². The van der Waals surface area contributed by atoms with Crippen LogP contribution in [0.3, 0.4) is 0 Å². The highest BCUT2D eigenvalue weighted by Gasteiger charge is 2.17. The Hall–Kier alpha value is -4.22. The molecule has 5 heteroatoms. The Morgan fingerprint density at radius 2 is 0.618 bits per heavy atom. The van der Waals surface area contributed by atoms with Gasteiger partial charge in [0.2, 0.25) is 0 Å². The molecule has 0 saturated carbocycles.